The Bertz CT molecular complexity index is 200. The number of esters is 1. The zero-order valence-electron chi connectivity index (χ0n) is 7.45. The molecule has 0 unspecified atom stereocenters. The predicted molar refractivity (Wildman–Crippen MR) is 48.3 cm³/mol. The van der Waals surface area contributed by atoms with Crippen molar-refractivity contribution >= 4 is 23.0 Å². The maximum absolute atomic E-state index is 10.9. The van der Waals surface area contributed by atoms with E-state index in [9.17, 15) is 9.59 Å². The van der Waals surface area contributed by atoms with Gasteiger partial charge in [0.15, 0.2) is 0 Å². The number of thioether (sulfide) groups is 1. The van der Waals surface area contributed by atoms with Gasteiger partial charge in [-0.1, -0.05) is 6.92 Å². The Hall–Kier alpha value is -0.710. The standard InChI is InChI=1S/C8H12O4S/c1-2-13-8(10)12-5-11-7(9)6-3-4-6/h6H,2-5H2,1H3. The molecule has 1 saturated carbocycles. The fourth-order valence-electron chi connectivity index (χ4n) is 0.732. The molecule has 4 nitrogen and oxygen atoms in total. The Labute approximate surface area is 81.0 Å². The molecule has 0 atom stereocenters. The monoisotopic (exact) mass is 204 g/mol. The lowest BCUT2D eigenvalue weighted by molar-refractivity contribution is -0.152. The minimum atomic E-state index is -0.397. The first-order valence-electron chi connectivity index (χ1n) is 4.20. The molecule has 0 amide bonds. The number of hydrogen-bond donors (Lipinski definition) is 0. The van der Waals surface area contributed by atoms with E-state index < -0.39 is 5.30 Å². The van der Waals surface area contributed by atoms with Crippen LogP contribution in [0, 0.1) is 5.92 Å². The Kier molecular flexibility index (Phi) is 4.08. The van der Waals surface area contributed by atoms with Crippen LogP contribution in [0.15, 0.2) is 0 Å². The molecule has 13 heavy (non-hydrogen) atoms. The third kappa shape index (κ3) is 4.17. The van der Waals surface area contributed by atoms with Gasteiger partial charge in [-0.2, -0.15) is 0 Å². The summed E-state index contributed by atoms with van der Waals surface area (Å²) in [5.41, 5.74) is 0. The Morgan fingerprint density at radius 2 is 2.08 bits per heavy atom. The molecule has 0 aliphatic heterocycles. The van der Waals surface area contributed by atoms with E-state index in [-0.39, 0.29) is 18.7 Å². The van der Waals surface area contributed by atoms with Crippen LogP contribution in [-0.4, -0.2) is 23.8 Å². The maximum atomic E-state index is 10.9. The quantitative estimate of drug-likeness (QED) is 0.516. The van der Waals surface area contributed by atoms with Gasteiger partial charge in [0.25, 0.3) is 0 Å². The van der Waals surface area contributed by atoms with Crippen molar-refractivity contribution in [2.75, 3.05) is 12.5 Å². The van der Waals surface area contributed by atoms with E-state index in [0.29, 0.717) is 5.75 Å². The van der Waals surface area contributed by atoms with Crippen LogP contribution >= 0.6 is 11.8 Å². The third-order valence-corrected chi connectivity index (χ3v) is 2.19. The highest BCUT2D eigenvalue weighted by atomic mass is 32.2. The second-order valence-electron chi connectivity index (χ2n) is 2.68. The second-order valence-corrected chi connectivity index (χ2v) is 3.88. The van der Waals surface area contributed by atoms with Gasteiger partial charge in [0.1, 0.15) is 0 Å². The van der Waals surface area contributed by atoms with Crippen LogP contribution in [0.25, 0.3) is 0 Å². The molecule has 0 aromatic heterocycles. The van der Waals surface area contributed by atoms with Crippen molar-refractivity contribution < 1.29 is 19.1 Å². The third-order valence-electron chi connectivity index (χ3n) is 1.55. The van der Waals surface area contributed by atoms with Crippen LogP contribution in [0.4, 0.5) is 4.79 Å². The molecule has 0 N–H and O–H groups in total. The van der Waals surface area contributed by atoms with Gasteiger partial charge >= 0.3 is 11.3 Å². The SMILES string of the molecule is CCSC(=O)OCOC(=O)C1CC1. The fraction of sp³-hybridized carbons (Fsp3) is 0.750. The summed E-state index contributed by atoms with van der Waals surface area (Å²) in [4.78, 5) is 21.7. The molecule has 5 heteroatoms. The Morgan fingerprint density at radius 3 is 2.62 bits per heavy atom. The zero-order chi connectivity index (χ0) is 9.68. The maximum Gasteiger partial charge on any atom is 0.370 e. The van der Waals surface area contributed by atoms with Gasteiger partial charge in [-0.15, -0.1) is 0 Å². The molecule has 1 rings (SSSR count). The van der Waals surface area contributed by atoms with E-state index in [4.69, 9.17) is 0 Å². The molecule has 0 spiro atoms. The van der Waals surface area contributed by atoms with Crippen LogP contribution in [0.2, 0.25) is 0 Å². The molecule has 1 fully saturated rings. The summed E-state index contributed by atoms with van der Waals surface area (Å²) in [5, 5.41) is -0.397. The van der Waals surface area contributed by atoms with Gasteiger partial charge < -0.3 is 9.47 Å². The van der Waals surface area contributed by atoms with E-state index in [1.54, 1.807) is 0 Å². The average Bonchev–Trinajstić information content (AvgIpc) is 2.86. The first-order valence-corrected chi connectivity index (χ1v) is 5.18. The molecule has 0 aromatic rings. The van der Waals surface area contributed by atoms with Crippen molar-refractivity contribution in [2.45, 2.75) is 19.8 Å². The lowest BCUT2D eigenvalue weighted by Gasteiger charge is -2.03. The fourth-order valence-corrected chi connectivity index (χ4v) is 1.10. The summed E-state index contributed by atoms with van der Waals surface area (Å²) in [6.07, 6.45) is 1.80. The highest BCUT2D eigenvalue weighted by Crippen LogP contribution is 2.29. The van der Waals surface area contributed by atoms with Crippen LogP contribution in [-0.2, 0) is 14.3 Å². The van der Waals surface area contributed by atoms with Crippen LogP contribution < -0.4 is 0 Å². The smallest absolute Gasteiger partial charge is 0.370 e. The van der Waals surface area contributed by atoms with E-state index in [0.717, 1.165) is 24.6 Å². The largest absolute Gasteiger partial charge is 0.428 e. The minimum absolute atomic E-state index is 0.0533. The predicted octanol–water partition coefficient (Wildman–Crippen LogP) is 1.79. The summed E-state index contributed by atoms with van der Waals surface area (Å²) < 4.78 is 9.30. The average molecular weight is 204 g/mol. The zero-order valence-corrected chi connectivity index (χ0v) is 8.26. The summed E-state index contributed by atoms with van der Waals surface area (Å²) >= 11 is 1.05. The van der Waals surface area contributed by atoms with Gasteiger partial charge in [0.2, 0.25) is 6.79 Å². The van der Waals surface area contributed by atoms with E-state index >= 15 is 0 Å². The highest BCUT2D eigenvalue weighted by molar-refractivity contribution is 8.13. The van der Waals surface area contributed by atoms with Gasteiger partial charge in [-0.3, -0.25) is 4.79 Å². The minimum Gasteiger partial charge on any atom is -0.428 e. The number of hydrogen-bond acceptors (Lipinski definition) is 5. The second kappa shape index (κ2) is 5.11. The summed E-state index contributed by atoms with van der Waals surface area (Å²) in [6, 6.07) is 0. The van der Waals surface area contributed by atoms with Gasteiger partial charge in [0.05, 0.1) is 5.92 Å². The molecule has 0 bridgehead atoms. The molecule has 74 valence electrons. The van der Waals surface area contributed by atoms with Gasteiger partial charge in [0, 0.05) is 5.75 Å². The Balaban J connectivity index is 1.99. The van der Waals surface area contributed by atoms with Crippen molar-refractivity contribution in [3.63, 3.8) is 0 Å². The summed E-state index contributed by atoms with van der Waals surface area (Å²) in [5.74, 6) is 0.460. The van der Waals surface area contributed by atoms with Crippen molar-refractivity contribution in [3.05, 3.63) is 0 Å². The molecular weight excluding hydrogens is 192 g/mol. The molecule has 0 aromatic carbocycles. The summed E-state index contributed by atoms with van der Waals surface area (Å²) in [6.45, 7) is 1.60. The van der Waals surface area contributed by atoms with Crippen LogP contribution in [0.3, 0.4) is 0 Å². The number of carbonyl (C=O) groups excluding carboxylic acids is 2. The lowest BCUT2D eigenvalue weighted by atomic mass is 10.4. The summed E-state index contributed by atoms with van der Waals surface area (Å²) in [7, 11) is 0. The molecule has 1 aliphatic rings. The molecule has 0 saturated heterocycles. The normalized spacial score (nSPS) is 15.2. The van der Waals surface area contributed by atoms with Crippen molar-refractivity contribution in [3.8, 4) is 0 Å². The van der Waals surface area contributed by atoms with Crippen LogP contribution in [0.1, 0.15) is 19.8 Å². The first kappa shape index (κ1) is 10.4. The number of ether oxygens (including phenoxy) is 2. The number of rotatable bonds is 4. The van der Waals surface area contributed by atoms with Crippen molar-refractivity contribution in [2.24, 2.45) is 5.92 Å². The molecule has 0 heterocycles. The molecular formula is C8H12O4S. The topological polar surface area (TPSA) is 52.6 Å². The number of carbonyl (C=O) groups is 2. The van der Waals surface area contributed by atoms with Crippen molar-refractivity contribution in [1.29, 1.82) is 0 Å². The Morgan fingerprint density at radius 1 is 1.38 bits per heavy atom. The van der Waals surface area contributed by atoms with Gasteiger partial charge in [-0.25, -0.2) is 4.79 Å². The van der Waals surface area contributed by atoms with E-state index in [1.807, 2.05) is 6.92 Å². The first-order chi connectivity index (χ1) is 6.24. The van der Waals surface area contributed by atoms with Gasteiger partial charge in [-0.05, 0) is 24.6 Å². The van der Waals surface area contributed by atoms with E-state index in [2.05, 4.69) is 9.47 Å². The van der Waals surface area contributed by atoms with Crippen LogP contribution in [0.5, 0.6) is 0 Å². The lowest BCUT2D eigenvalue weighted by Crippen LogP contribution is -2.11. The van der Waals surface area contributed by atoms with Crippen molar-refractivity contribution in [1.82, 2.24) is 0 Å². The highest BCUT2D eigenvalue weighted by Gasteiger charge is 2.31. The molecule has 1 aliphatic carbocycles. The molecule has 0 radical (unpaired) electrons. The van der Waals surface area contributed by atoms with E-state index in [1.165, 1.54) is 0 Å².